The Kier molecular flexibility index (Phi) is 2.92. The van der Waals surface area contributed by atoms with E-state index in [-0.39, 0.29) is 0 Å². The number of nitrogens with zero attached hydrogens (tertiary/aromatic N) is 1. The molecule has 0 spiro atoms. The maximum Gasteiger partial charge on any atom is 0.431 e. The zero-order valence-corrected chi connectivity index (χ0v) is 6.68. The fraction of sp³-hybridized carbons (Fsp3) is 0. The molecule has 1 aromatic carbocycles. The van der Waals surface area contributed by atoms with Crippen molar-refractivity contribution in [2.75, 3.05) is 0 Å². The van der Waals surface area contributed by atoms with Gasteiger partial charge < -0.3 is 5.11 Å². The summed E-state index contributed by atoms with van der Waals surface area (Å²) in [7, 11) is 0. The number of carbonyl (C=O) groups excluding carboxylic acids is 1. The van der Waals surface area contributed by atoms with Crippen LogP contribution in [0.25, 0.3) is 0 Å². The highest BCUT2D eigenvalue weighted by atomic mass is 16.4. The van der Waals surface area contributed by atoms with E-state index >= 15 is 0 Å². The highest BCUT2D eigenvalue weighted by Gasteiger charge is 1.91. The van der Waals surface area contributed by atoms with Crippen LogP contribution in [0.4, 0.5) is 4.79 Å². The molecular formula is C9H7NO3. The van der Waals surface area contributed by atoms with Gasteiger partial charge in [0.05, 0.1) is 0 Å². The lowest BCUT2D eigenvalue weighted by Gasteiger charge is -1.91. The Labute approximate surface area is 74.5 Å². The fourth-order valence-electron chi connectivity index (χ4n) is 0.790. The molecule has 0 saturated heterocycles. The van der Waals surface area contributed by atoms with Gasteiger partial charge in [-0.3, -0.25) is 4.79 Å². The van der Waals surface area contributed by atoms with Crippen LogP contribution in [0.1, 0.15) is 15.9 Å². The van der Waals surface area contributed by atoms with E-state index in [9.17, 15) is 9.59 Å². The van der Waals surface area contributed by atoms with Gasteiger partial charge in [0.25, 0.3) is 0 Å². The first-order valence-electron chi connectivity index (χ1n) is 3.54. The molecule has 0 saturated carbocycles. The van der Waals surface area contributed by atoms with E-state index in [1.54, 1.807) is 24.3 Å². The second-order valence-electron chi connectivity index (χ2n) is 2.33. The Balaban J connectivity index is 2.80. The highest BCUT2D eigenvalue weighted by molar-refractivity contribution is 5.88. The Hall–Kier alpha value is -1.97. The van der Waals surface area contributed by atoms with Gasteiger partial charge in [0, 0.05) is 11.8 Å². The van der Waals surface area contributed by atoms with Crippen molar-refractivity contribution in [2.24, 2.45) is 4.99 Å². The van der Waals surface area contributed by atoms with Gasteiger partial charge in [0.1, 0.15) is 6.29 Å². The third kappa shape index (κ3) is 2.86. The third-order valence-electron chi connectivity index (χ3n) is 1.40. The molecule has 0 aromatic heterocycles. The van der Waals surface area contributed by atoms with E-state index in [0.29, 0.717) is 11.1 Å². The second kappa shape index (κ2) is 4.15. The molecule has 66 valence electrons. The maximum atomic E-state index is 10.3. The van der Waals surface area contributed by atoms with Crippen molar-refractivity contribution in [3.8, 4) is 0 Å². The van der Waals surface area contributed by atoms with E-state index in [4.69, 9.17) is 5.11 Å². The number of benzene rings is 1. The van der Waals surface area contributed by atoms with Gasteiger partial charge in [-0.15, -0.1) is 0 Å². The van der Waals surface area contributed by atoms with Crippen molar-refractivity contribution in [1.29, 1.82) is 0 Å². The van der Waals surface area contributed by atoms with Gasteiger partial charge in [-0.25, -0.2) is 4.79 Å². The lowest BCUT2D eigenvalue weighted by Crippen LogP contribution is -1.88. The minimum atomic E-state index is -1.24. The van der Waals surface area contributed by atoms with Gasteiger partial charge in [0.15, 0.2) is 0 Å². The number of hydrogen-bond acceptors (Lipinski definition) is 2. The summed E-state index contributed by atoms with van der Waals surface area (Å²) in [5, 5.41) is 8.22. The molecule has 4 heteroatoms. The molecule has 4 nitrogen and oxygen atoms in total. The summed E-state index contributed by atoms with van der Waals surface area (Å²) in [5.41, 5.74) is 1.19. The first-order chi connectivity index (χ1) is 6.22. The molecule has 0 radical (unpaired) electrons. The summed E-state index contributed by atoms with van der Waals surface area (Å²) in [6, 6.07) is 6.43. The van der Waals surface area contributed by atoms with Crippen LogP contribution in [-0.4, -0.2) is 23.7 Å². The van der Waals surface area contributed by atoms with Crippen LogP contribution >= 0.6 is 0 Å². The number of amides is 1. The van der Waals surface area contributed by atoms with E-state index in [1.165, 1.54) is 6.21 Å². The molecule has 0 unspecified atom stereocenters. The van der Waals surface area contributed by atoms with Gasteiger partial charge in [-0.1, -0.05) is 24.3 Å². The van der Waals surface area contributed by atoms with Gasteiger partial charge in [-0.2, -0.15) is 4.99 Å². The van der Waals surface area contributed by atoms with Gasteiger partial charge >= 0.3 is 6.09 Å². The van der Waals surface area contributed by atoms with Crippen molar-refractivity contribution in [1.82, 2.24) is 0 Å². The number of aliphatic imine (C=N–C) groups is 1. The van der Waals surface area contributed by atoms with E-state index in [2.05, 4.69) is 4.99 Å². The molecule has 13 heavy (non-hydrogen) atoms. The summed E-state index contributed by atoms with van der Waals surface area (Å²) < 4.78 is 0. The lowest BCUT2D eigenvalue weighted by atomic mass is 10.2. The molecule has 0 atom stereocenters. The van der Waals surface area contributed by atoms with Crippen molar-refractivity contribution in [2.45, 2.75) is 0 Å². The van der Waals surface area contributed by atoms with Crippen LogP contribution < -0.4 is 0 Å². The molecule has 1 N–H and O–H groups in total. The smallest absolute Gasteiger partial charge is 0.431 e. The summed E-state index contributed by atoms with van der Waals surface area (Å²) in [5.74, 6) is 0. The number of carboxylic acid groups (broad SMARTS) is 1. The predicted octanol–water partition coefficient (Wildman–Crippen LogP) is 1.60. The first kappa shape index (κ1) is 9.12. The molecule has 0 heterocycles. The van der Waals surface area contributed by atoms with Gasteiger partial charge in [0.2, 0.25) is 0 Å². The monoisotopic (exact) mass is 177 g/mol. The van der Waals surface area contributed by atoms with E-state index < -0.39 is 6.09 Å². The molecule has 0 fully saturated rings. The number of aldehydes is 1. The van der Waals surface area contributed by atoms with E-state index in [0.717, 1.165) is 6.29 Å². The van der Waals surface area contributed by atoms with Crippen molar-refractivity contribution < 1.29 is 14.7 Å². The Morgan fingerprint density at radius 3 is 2.23 bits per heavy atom. The maximum absolute atomic E-state index is 10.3. The number of carbonyl (C=O) groups is 2. The molecule has 0 aliphatic rings. The van der Waals surface area contributed by atoms with Crippen LogP contribution in [0.2, 0.25) is 0 Å². The second-order valence-corrected chi connectivity index (χ2v) is 2.33. The van der Waals surface area contributed by atoms with Gasteiger partial charge in [-0.05, 0) is 5.56 Å². The van der Waals surface area contributed by atoms with Crippen molar-refractivity contribution in [3.63, 3.8) is 0 Å². The van der Waals surface area contributed by atoms with E-state index in [1.807, 2.05) is 0 Å². The summed E-state index contributed by atoms with van der Waals surface area (Å²) in [4.78, 5) is 23.5. The topological polar surface area (TPSA) is 66.7 Å². The summed E-state index contributed by atoms with van der Waals surface area (Å²) in [6.07, 6.45) is 0.703. The Morgan fingerprint density at radius 2 is 1.77 bits per heavy atom. The third-order valence-corrected chi connectivity index (χ3v) is 1.40. The standard InChI is InChI=1S/C9H7NO3/c11-6-8-3-1-7(2-4-8)5-10-9(12)13/h1-6H,(H,12,13)/b10-5+. The minimum Gasteiger partial charge on any atom is -0.463 e. The van der Waals surface area contributed by atoms with Crippen LogP contribution in [0.5, 0.6) is 0 Å². The molecule has 0 aliphatic carbocycles. The zero-order valence-electron chi connectivity index (χ0n) is 6.68. The normalized spacial score (nSPS) is 10.2. The van der Waals surface area contributed by atoms with Crippen LogP contribution in [-0.2, 0) is 0 Å². The molecule has 0 bridgehead atoms. The number of hydrogen-bond donors (Lipinski definition) is 1. The fourth-order valence-corrected chi connectivity index (χ4v) is 0.790. The van der Waals surface area contributed by atoms with Crippen LogP contribution in [0.3, 0.4) is 0 Å². The Bertz CT molecular complexity index is 340. The SMILES string of the molecule is O=Cc1ccc(/C=N/C(=O)O)cc1. The number of rotatable bonds is 2. The molecule has 1 amide bonds. The average Bonchev–Trinajstić information content (AvgIpc) is 2.15. The average molecular weight is 177 g/mol. The largest absolute Gasteiger partial charge is 0.463 e. The van der Waals surface area contributed by atoms with Crippen LogP contribution in [0.15, 0.2) is 29.3 Å². The highest BCUT2D eigenvalue weighted by Crippen LogP contribution is 1.99. The lowest BCUT2D eigenvalue weighted by molar-refractivity contribution is 0.112. The molecule has 1 aromatic rings. The van der Waals surface area contributed by atoms with Crippen LogP contribution in [0, 0.1) is 0 Å². The minimum absolute atomic E-state index is 0.549. The summed E-state index contributed by atoms with van der Waals surface area (Å²) in [6.45, 7) is 0. The summed E-state index contributed by atoms with van der Waals surface area (Å²) >= 11 is 0. The van der Waals surface area contributed by atoms with Crippen molar-refractivity contribution >= 4 is 18.6 Å². The predicted molar refractivity (Wildman–Crippen MR) is 47.4 cm³/mol. The van der Waals surface area contributed by atoms with Crippen molar-refractivity contribution in [3.05, 3.63) is 35.4 Å². The molecule has 1 rings (SSSR count). The zero-order chi connectivity index (χ0) is 9.68. The molecular weight excluding hydrogens is 170 g/mol. The first-order valence-corrected chi connectivity index (χ1v) is 3.54. The Morgan fingerprint density at radius 1 is 1.23 bits per heavy atom. The molecule has 0 aliphatic heterocycles. The quantitative estimate of drug-likeness (QED) is 0.551.